The number of nitrogens with zero attached hydrogens (tertiary/aromatic N) is 2. The summed E-state index contributed by atoms with van der Waals surface area (Å²) in [5.74, 6) is 0. The maximum Gasteiger partial charge on any atom is 0.0948 e. The Bertz CT molecular complexity index is 247. The van der Waals surface area contributed by atoms with Gasteiger partial charge in [0.1, 0.15) is 0 Å². The van der Waals surface area contributed by atoms with Crippen LogP contribution in [0.1, 0.15) is 25.0 Å². The number of methoxy groups -OCH3 is 1. The van der Waals surface area contributed by atoms with E-state index in [-0.39, 0.29) is 0 Å². The summed E-state index contributed by atoms with van der Waals surface area (Å²) in [5.41, 5.74) is 6.67. The molecular weight excluding hydrogens is 178 g/mol. The lowest BCUT2D eigenvalue weighted by Gasteiger charge is -2.05. The van der Waals surface area contributed by atoms with Crippen molar-refractivity contribution in [3.63, 3.8) is 0 Å². The Labute approximate surface area is 85.1 Å². The molecule has 0 amide bonds. The van der Waals surface area contributed by atoms with Gasteiger partial charge in [0, 0.05) is 33.0 Å². The van der Waals surface area contributed by atoms with Gasteiger partial charge in [0.25, 0.3) is 0 Å². The molecule has 0 fully saturated rings. The fourth-order valence-electron chi connectivity index (χ4n) is 1.42. The van der Waals surface area contributed by atoms with Crippen LogP contribution in [0.2, 0.25) is 0 Å². The van der Waals surface area contributed by atoms with E-state index in [1.807, 2.05) is 12.5 Å². The van der Waals surface area contributed by atoms with E-state index >= 15 is 0 Å². The Morgan fingerprint density at radius 1 is 1.43 bits per heavy atom. The van der Waals surface area contributed by atoms with Crippen LogP contribution in [-0.4, -0.2) is 23.3 Å². The molecule has 0 bridgehead atoms. The summed E-state index contributed by atoms with van der Waals surface area (Å²) < 4.78 is 7.10. The largest absolute Gasteiger partial charge is 0.385 e. The van der Waals surface area contributed by atoms with Crippen molar-refractivity contribution in [1.82, 2.24) is 9.55 Å². The summed E-state index contributed by atoms with van der Waals surface area (Å²) in [7, 11) is 1.74. The van der Waals surface area contributed by atoms with Crippen molar-refractivity contribution in [3.8, 4) is 0 Å². The monoisotopic (exact) mass is 197 g/mol. The summed E-state index contributed by atoms with van der Waals surface area (Å²) >= 11 is 0. The first-order chi connectivity index (χ1) is 6.88. The predicted molar refractivity (Wildman–Crippen MR) is 55.8 cm³/mol. The van der Waals surface area contributed by atoms with Gasteiger partial charge in [0.2, 0.25) is 0 Å². The van der Waals surface area contributed by atoms with Crippen LogP contribution < -0.4 is 5.73 Å². The third-order valence-corrected chi connectivity index (χ3v) is 2.26. The molecule has 0 spiro atoms. The molecule has 2 N–H and O–H groups in total. The molecule has 0 aliphatic carbocycles. The quantitative estimate of drug-likeness (QED) is 0.667. The van der Waals surface area contributed by atoms with E-state index in [1.54, 1.807) is 7.11 Å². The van der Waals surface area contributed by atoms with Gasteiger partial charge in [-0.05, 0) is 19.3 Å². The standard InChI is InChI=1S/C10H19N3O/c1-14-6-4-2-3-5-13-9-12-8-10(13)7-11/h8-9H,2-7,11H2,1H3. The molecule has 4 heteroatoms. The van der Waals surface area contributed by atoms with Gasteiger partial charge in [-0.25, -0.2) is 4.98 Å². The van der Waals surface area contributed by atoms with Gasteiger partial charge in [0.05, 0.1) is 12.0 Å². The topological polar surface area (TPSA) is 53.1 Å². The summed E-state index contributed by atoms with van der Waals surface area (Å²) in [4.78, 5) is 4.07. The zero-order chi connectivity index (χ0) is 10.2. The van der Waals surface area contributed by atoms with E-state index in [0.717, 1.165) is 31.7 Å². The summed E-state index contributed by atoms with van der Waals surface area (Å²) in [6.07, 6.45) is 7.15. The fraction of sp³-hybridized carbons (Fsp3) is 0.700. The Morgan fingerprint density at radius 2 is 2.29 bits per heavy atom. The van der Waals surface area contributed by atoms with Crippen molar-refractivity contribution in [3.05, 3.63) is 18.2 Å². The number of aryl methyl sites for hydroxylation is 1. The minimum absolute atomic E-state index is 0.568. The Hall–Kier alpha value is -0.870. The number of hydrogen-bond acceptors (Lipinski definition) is 3. The molecule has 1 aromatic rings. The number of rotatable bonds is 7. The van der Waals surface area contributed by atoms with Gasteiger partial charge in [-0.3, -0.25) is 0 Å². The molecule has 80 valence electrons. The third-order valence-electron chi connectivity index (χ3n) is 2.26. The number of imidazole rings is 1. The van der Waals surface area contributed by atoms with Crippen LogP contribution in [0.4, 0.5) is 0 Å². The van der Waals surface area contributed by atoms with Crippen LogP contribution in [0.5, 0.6) is 0 Å². The molecule has 0 saturated carbocycles. The molecule has 14 heavy (non-hydrogen) atoms. The zero-order valence-corrected chi connectivity index (χ0v) is 8.78. The molecule has 0 radical (unpaired) electrons. The SMILES string of the molecule is COCCCCCn1cncc1CN. The molecule has 0 saturated heterocycles. The number of aromatic nitrogens is 2. The Balaban J connectivity index is 2.17. The van der Waals surface area contributed by atoms with E-state index in [9.17, 15) is 0 Å². The first kappa shape index (κ1) is 11.2. The third kappa shape index (κ3) is 3.47. The van der Waals surface area contributed by atoms with Crippen molar-refractivity contribution >= 4 is 0 Å². The van der Waals surface area contributed by atoms with Crippen molar-refractivity contribution in [2.45, 2.75) is 32.4 Å². The van der Waals surface area contributed by atoms with Crippen LogP contribution in [-0.2, 0) is 17.8 Å². The highest BCUT2D eigenvalue weighted by Gasteiger charge is 1.98. The van der Waals surface area contributed by atoms with Gasteiger partial charge in [-0.15, -0.1) is 0 Å². The maximum atomic E-state index is 5.57. The van der Waals surface area contributed by atoms with Gasteiger partial charge >= 0.3 is 0 Å². The summed E-state index contributed by atoms with van der Waals surface area (Å²) in [5, 5.41) is 0. The zero-order valence-electron chi connectivity index (χ0n) is 8.78. The average Bonchev–Trinajstić information content (AvgIpc) is 2.65. The summed E-state index contributed by atoms with van der Waals surface area (Å²) in [6.45, 7) is 2.43. The Morgan fingerprint density at radius 3 is 3.00 bits per heavy atom. The molecule has 1 heterocycles. The molecule has 4 nitrogen and oxygen atoms in total. The van der Waals surface area contributed by atoms with Crippen LogP contribution in [0.25, 0.3) is 0 Å². The smallest absolute Gasteiger partial charge is 0.0948 e. The average molecular weight is 197 g/mol. The highest BCUT2D eigenvalue weighted by molar-refractivity contribution is 4.96. The van der Waals surface area contributed by atoms with Crippen molar-refractivity contribution in [2.24, 2.45) is 5.73 Å². The van der Waals surface area contributed by atoms with E-state index in [0.29, 0.717) is 6.54 Å². The van der Waals surface area contributed by atoms with Gasteiger partial charge in [-0.2, -0.15) is 0 Å². The van der Waals surface area contributed by atoms with Crippen LogP contribution in [0.3, 0.4) is 0 Å². The van der Waals surface area contributed by atoms with Crippen LogP contribution in [0, 0.1) is 0 Å². The van der Waals surface area contributed by atoms with Gasteiger partial charge in [-0.1, -0.05) is 0 Å². The van der Waals surface area contributed by atoms with E-state index in [1.165, 1.54) is 6.42 Å². The lowest BCUT2D eigenvalue weighted by atomic mass is 10.2. The van der Waals surface area contributed by atoms with Crippen molar-refractivity contribution in [1.29, 1.82) is 0 Å². The van der Waals surface area contributed by atoms with E-state index in [2.05, 4.69) is 9.55 Å². The fourth-order valence-corrected chi connectivity index (χ4v) is 1.42. The molecule has 0 unspecified atom stereocenters. The first-order valence-corrected chi connectivity index (χ1v) is 5.06. The highest BCUT2D eigenvalue weighted by atomic mass is 16.5. The lowest BCUT2D eigenvalue weighted by Crippen LogP contribution is -2.06. The van der Waals surface area contributed by atoms with Crippen molar-refractivity contribution in [2.75, 3.05) is 13.7 Å². The first-order valence-electron chi connectivity index (χ1n) is 5.06. The molecule has 0 aliphatic heterocycles. The Kier molecular flexibility index (Phi) is 5.25. The van der Waals surface area contributed by atoms with Crippen LogP contribution >= 0.6 is 0 Å². The second kappa shape index (κ2) is 6.56. The minimum Gasteiger partial charge on any atom is -0.385 e. The second-order valence-electron chi connectivity index (χ2n) is 3.34. The van der Waals surface area contributed by atoms with Crippen LogP contribution in [0.15, 0.2) is 12.5 Å². The number of unbranched alkanes of at least 4 members (excludes halogenated alkanes) is 2. The lowest BCUT2D eigenvalue weighted by molar-refractivity contribution is 0.191. The molecule has 1 rings (SSSR count). The molecule has 0 aromatic carbocycles. The number of hydrogen-bond donors (Lipinski definition) is 1. The summed E-state index contributed by atoms with van der Waals surface area (Å²) in [6, 6.07) is 0. The minimum atomic E-state index is 0.568. The maximum absolute atomic E-state index is 5.57. The second-order valence-corrected chi connectivity index (χ2v) is 3.34. The molecule has 0 atom stereocenters. The van der Waals surface area contributed by atoms with E-state index < -0.39 is 0 Å². The molecule has 0 aliphatic rings. The van der Waals surface area contributed by atoms with Gasteiger partial charge < -0.3 is 15.0 Å². The molecule has 1 aromatic heterocycles. The predicted octanol–water partition coefficient (Wildman–Crippen LogP) is 1.16. The normalized spacial score (nSPS) is 10.7. The van der Waals surface area contributed by atoms with Gasteiger partial charge in [0.15, 0.2) is 0 Å². The number of nitrogens with two attached hydrogens (primary N) is 1. The number of ether oxygens (including phenoxy) is 1. The molecular formula is C10H19N3O. The highest BCUT2D eigenvalue weighted by Crippen LogP contribution is 2.03. The van der Waals surface area contributed by atoms with Crippen molar-refractivity contribution < 1.29 is 4.74 Å². The van der Waals surface area contributed by atoms with E-state index in [4.69, 9.17) is 10.5 Å².